The highest BCUT2D eigenvalue weighted by Gasteiger charge is 2.21. The van der Waals surface area contributed by atoms with Crippen LogP contribution in [0.3, 0.4) is 0 Å². The second kappa shape index (κ2) is 9.28. The Labute approximate surface area is 176 Å². The van der Waals surface area contributed by atoms with Gasteiger partial charge in [0, 0.05) is 18.5 Å². The molecule has 0 bridgehead atoms. The van der Waals surface area contributed by atoms with Crippen LogP contribution >= 0.6 is 0 Å². The zero-order valence-electron chi connectivity index (χ0n) is 17.8. The van der Waals surface area contributed by atoms with E-state index in [1.54, 1.807) is 17.8 Å². The molecule has 0 atom stereocenters. The van der Waals surface area contributed by atoms with Crippen LogP contribution in [0.5, 0.6) is 11.8 Å². The van der Waals surface area contributed by atoms with Gasteiger partial charge >= 0.3 is 6.01 Å². The molecule has 8 heteroatoms. The molecule has 160 valence electrons. The largest absolute Gasteiger partial charge is 0.495 e. The number of nitrogens with zero attached hydrogens (tertiary/aromatic N) is 5. The first-order chi connectivity index (χ1) is 14.7. The highest BCUT2D eigenvalue weighted by Crippen LogP contribution is 2.36. The number of imidazole rings is 1. The van der Waals surface area contributed by atoms with Crippen molar-refractivity contribution in [3.05, 3.63) is 35.4 Å². The van der Waals surface area contributed by atoms with Crippen molar-refractivity contribution in [2.45, 2.75) is 64.2 Å². The summed E-state index contributed by atoms with van der Waals surface area (Å²) in [5, 5.41) is 4.49. The lowest BCUT2D eigenvalue weighted by Crippen LogP contribution is -2.10. The lowest BCUT2D eigenvalue weighted by Gasteiger charge is -2.23. The van der Waals surface area contributed by atoms with Crippen LogP contribution in [0, 0.1) is 0 Å². The van der Waals surface area contributed by atoms with Crippen LogP contribution in [0.15, 0.2) is 18.5 Å². The van der Waals surface area contributed by atoms with Crippen LogP contribution in [0.25, 0.3) is 5.65 Å². The minimum absolute atomic E-state index is 0.274. The fourth-order valence-corrected chi connectivity index (χ4v) is 4.07. The zero-order valence-corrected chi connectivity index (χ0v) is 17.8. The number of anilines is 1. The Kier molecular flexibility index (Phi) is 6.30. The van der Waals surface area contributed by atoms with Crippen molar-refractivity contribution >= 4 is 11.5 Å². The van der Waals surface area contributed by atoms with E-state index in [4.69, 9.17) is 20.2 Å². The van der Waals surface area contributed by atoms with Gasteiger partial charge in [-0.1, -0.05) is 32.6 Å². The molecule has 1 saturated carbocycles. The highest BCUT2D eigenvalue weighted by molar-refractivity contribution is 5.59. The van der Waals surface area contributed by atoms with Gasteiger partial charge in [0.25, 0.3) is 0 Å². The molecule has 1 fully saturated rings. The second-order valence-electron chi connectivity index (χ2n) is 7.91. The van der Waals surface area contributed by atoms with Crippen molar-refractivity contribution in [3.8, 4) is 11.8 Å². The molecular weight excluding hydrogens is 380 g/mol. The Morgan fingerprint density at radius 3 is 2.77 bits per heavy atom. The molecule has 8 nitrogen and oxygen atoms in total. The third kappa shape index (κ3) is 4.32. The van der Waals surface area contributed by atoms with Crippen LogP contribution in [0.2, 0.25) is 0 Å². The summed E-state index contributed by atoms with van der Waals surface area (Å²) in [4.78, 5) is 13.4. The van der Waals surface area contributed by atoms with Crippen molar-refractivity contribution in [1.82, 2.24) is 24.6 Å². The van der Waals surface area contributed by atoms with E-state index >= 15 is 0 Å². The summed E-state index contributed by atoms with van der Waals surface area (Å²) in [5.74, 6) is 1.67. The average Bonchev–Trinajstić information content (AvgIpc) is 3.17. The third-order valence-electron chi connectivity index (χ3n) is 5.70. The molecule has 0 radical (unpaired) electrons. The molecule has 1 aliphatic carbocycles. The number of hydrogen-bond acceptors (Lipinski definition) is 7. The number of hydrogen-bond donors (Lipinski definition) is 1. The van der Waals surface area contributed by atoms with E-state index in [1.807, 2.05) is 6.20 Å². The van der Waals surface area contributed by atoms with Gasteiger partial charge in [0.2, 0.25) is 0 Å². The van der Waals surface area contributed by atoms with Crippen molar-refractivity contribution in [3.63, 3.8) is 0 Å². The molecule has 1 aliphatic rings. The molecule has 0 aromatic carbocycles. The minimum atomic E-state index is 0.274. The van der Waals surface area contributed by atoms with Crippen LogP contribution in [0.4, 0.5) is 5.82 Å². The highest BCUT2D eigenvalue weighted by atomic mass is 16.5. The second-order valence-corrected chi connectivity index (χ2v) is 7.91. The maximum atomic E-state index is 6.07. The molecule has 0 saturated heterocycles. The van der Waals surface area contributed by atoms with Gasteiger partial charge < -0.3 is 15.2 Å². The van der Waals surface area contributed by atoms with Crippen molar-refractivity contribution < 1.29 is 9.47 Å². The van der Waals surface area contributed by atoms with Crippen LogP contribution in [0.1, 0.15) is 74.7 Å². The van der Waals surface area contributed by atoms with Crippen molar-refractivity contribution in [1.29, 1.82) is 0 Å². The number of nitrogens with two attached hydrogens (primary N) is 1. The van der Waals surface area contributed by atoms with E-state index in [0.717, 1.165) is 35.5 Å². The first kappa shape index (κ1) is 20.4. The van der Waals surface area contributed by atoms with E-state index in [0.29, 0.717) is 30.4 Å². The van der Waals surface area contributed by atoms with Crippen molar-refractivity contribution in [2.24, 2.45) is 0 Å². The number of pyridine rings is 1. The summed E-state index contributed by atoms with van der Waals surface area (Å²) in [6.45, 7) is 2.67. The third-order valence-corrected chi connectivity index (χ3v) is 5.70. The summed E-state index contributed by atoms with van der Waals surface area (Å²) >= 11 is 0. The van der Waals surface area contributed by atoms with Gasteiger partial charge in [0.05, 0.1) is 31.3 Å². The monoisotopic (exact) mass is 410 g/mol. The van der Waals surface area contributed by atoms with Gasteiger partial charge in [-0.25, -0.2) is 9.50 Å². The van der Waals surface area contributed by atoms with Gasteiger partial charge in [0.1, 0.15) is 5.75 Å². The molecule has 0 aliphatic heterocycles. The zero-order chi connectivity index (χ0) is 20.9. The van der Waals surface area contributed by atoms with Crippen LogP contribution in [-0.4, -0.2) is 38.3 Å². The summed E-state index contributed by atoms with van der Waals surface area (Å²) in [6.07, 6.45) is 12.5. The number of unbranched alkanes of at least 4 members (excludes halogenated alkanes) is 1. The summed E-state index contributed by atoms with van der Waals surface area (Å²) < 4.78 is 13.0. The maximum absolute atomic E-state index is 6.07. The molecule has 3 aromatic heterocycles. The predicted molar refractivity (Wildman–Crippen MR) is 115 cm³/mol. The number of fused-ring (bicyclic) bond motifs is 1. The Morgan fingerprint density at radius 2 is 2.00 bits per heavy atom. The molecule has 4 rings (SSSR count). The SMILES string of the molecule is CCCCOc1nc(N)c2ncc(Cc3cnc(C4CCCCC4)c(OC)c3)n2n1. The van der Waals surface area contributed by atoms with Gasteiger partial charge in [-0.3, -0.25) is 4.98 Å². The number of ether oxygens (including phenoxy) is 2. The minimum Gasteiger partial charge on any atom is -0.495 e. The number of rotatable bonds is 8. The maximum Gasteiger partial charge on any atom is 0.336 e. The lowest BCUT2D eigenvalue weighted by atomic mass is 9.86. The van der Waals surface area contributed by atoms with Gasteiger partial charge in [0.15, 0.2) is 11.5 Å². The first-order valence-corrected chi connectivity index (χ1v) is 10.8. The van der Waals surface area contributed by atoms with Gasteiger partial charge in [-0.05, 0) is 30.9 Å². The Balaban J connectivity index is 1.58. The predicted octanol–water partition coefficient (Wildman–Crippen LogP) is 3.93. The van der Waals surface area contributed by atoms with E-state index in [-0.39, 0.29) is 6.01 Å². The molecular formula is C22H30N6O2. The molecule has 30 heavy (non-hydrogen) atoms. The molecule has 3 aromatic rings. The van der Waals surface area contributed by atoms with Gasteiger partial charge in [-0.15, -0.1) is 5.10 Å². The van der Waals surface area contributed by atoms with E-state index in [2.05, 4.69) is 28.1 Å². The smallest absolute Gasteiger partial charge is 0.336 e. The first-order valence-electron chi connectivity index (χ1n) is 10.8. The average molecular weight is 411 g/mol. The summed E-state index contributed by atoms with van der Waals surface area (Å²) in [7, 11) is 1.72. The van der Waals surface area contributed by atoms with Crippen molar-refractivity contribution in [2.75, 3.05) is 19.5 Å². The van der Waals surface area contributed by atoms with Crippen LogP contribution < -0.4 is 15.2 Å². The normalized spacial score (nSPS) is 14.9. The number of nitrogen functional groups attached to an aromatic ring is 1. The molecule has 0 spiro atoms. The lowest BCUT2D eigenvalue weighted by molar-refractivity contribution is 0.280. The standard InChI is InChI=1S/C22H30N6O2/c1-3-4-10-30-22-26-20(23)21-25-14-17(28(21)27-22)11-15-12-18(29-2)19(24-13-15)16-8-6-5-7-9-16/h12-14,16H,3-11H2,1-2H3,(H2,23,26,27). The molecule has 0 unspecified atom stereocenters. The number of methoxy groups -OCH3 is 1. The topological polar surface area (TPSA) is 100 Å². The molecule has 2 N–H and O–H groups in total. The Morgan fingerprint density at radius 1 is 1.17 bits per heavy atom. The Bertz CT molecular complexity index is 997. The van der Waals surface area contributed by atoms with E-state index in [9.17, 15) is 0 Å². The fourth-order valence-electron chi connectivity index (χ4n) is 4.07. The number of aromatic nitrogens is 5. The quantitative estimate of drug-likeness (QED) is 0.562. The van der Waals surface area contributed by atoms with Gasteiger partial charge in [-0.2, -0.15) is 4.98 Å². The Hall–Kier alpha value is -2.90. The summed E-state index contributed by atoms with van der Waals surface area (Å²) in [6, 6.07) is 2.36. The fraction of sp³-hybridized carbons (Fsp3) is 0.545. The molecule has 0 amide bonds. The van der Waals surface area contributed by atoms with E-state index < -0.39 is 0 Å². The van der Waals surface area contributed by atoms with Crippen LogP contribution in [-0.2, 0) is 6.42 Å². The molecule has 3 heterocycles. The van der Waals surface area contributed by atoms with E-state index in [1.165, 1.54) is 32.1 Å². The summed E-state index contributed by atoms with van der Waals surface area (Å²) in [5.41, 5.74) is 9.62.